The number of nitrogens with one attached hydrogen (secondary N) is 1. The first-order valence-electron chi connectivity index (χ1n) is 8.02. The molecule has 8 nitrogen and oxygen atoms in total. The van der Waals surface area contributed by atoms with Crippen molar-refractivity contribution in [3.63, 3.8) is 0 Å². The number of pyridine rings is 1. The highest BCUT2D eigenvalue weighted by Gasteiger charge is 2.29. The molecule has 1 fully saturated rings. The Bertz CT molecular complexity index is 806. The van der Waals surface area contributed by atoms with E-state index in [1.807, 2.05) is 0 Å². The fourth-order valence-corrected chi connectivity index (χ4v) is 4.18. The highest BCUT2D eigenvalue weighted by molar-refractivity contribution is 7.89. The molecule has 0 aliphatic carbocycles. The molecule has 0 saturated carbocycles. The minimum atomic E-state index is -3.49. The van der Waals surface area contributed by atoms with Crippen LogP contribution >= 0.6 is 0 Å². The summed E-state index contributed by atoms with van der Waals surface area (Å²) in [4.78, 5) is 23.9. The Morgan fingerprint density at radius 3 is 2.56 bits per heavy atom. The fourth-order valence-electron chi connectivity index (χ4n) is 2.75. The van der Waals surface area contributed by atoms with Crippen LogP contribution in [0.15, 0.2) is 48.0 Å². The zero-order valence-corrected chi connectivity index (χ0v) is 14.4. The maximum absolute atomic E-state index is 12.5. The Balaban J connectivity index is 1.51. The van der Waals surface area contributed by atoms with Crippen molar-refractivity contribution in [1.82, 2.24) is 24.6 Å². The summed E-state index contributed by atoms with van der Waals surface area (Å²) in [5.74, 6) is -0.0283. The van der Waals surface area contributed by atoms with Crippen LogP contribution in [0.3, 0.4) is 0 Å². The van der Waals surface area contributed by atoms with E-state index >= 15 is 0 Å². The van der Waals surface area contributed by atoms with E-state index in [0.717, 1.165) is 0 Å². The Hall–Kier alpha value is -2.39. The van der Waals surface area contributed by atoms with Crippen LogP contribution < -0.4 is 5.32 Å². The quantitative estimate of drug-likeness (QED) is 0.840. The third kappa shape index (κ3) is 4.18. The average Bonchev–Trinajstić information content (AvgIpc) is 2.68. The van der Waals surface area contributed by atoms with Gasteiger partial charge in [0, 0.05) is 44.4 Å². The van der Waals surface area contributed by atoms with Crippen LogP contribution in [0.2, 0.25) is 0 Å². The van der Waals surface area contributed by atoms with E-state index in [2.05, 4.69) is 20.3 Å². The molecule has 2 aromatic heterocycles. The first-order valence-corrected chi connectivity index (χ1v) is 9.46. The first kappa shape index (κ1) is 17.4. The second-order valence-corrected chi connectivity index (χ2v) is 7.77. The van der Waals surface area contributed by atoms with Gasteiger partial charge in [-0.25, -0.2) is 13.4 Å². The Morgan fingerprint density at radius 1 is 1.16 bits per heavy atom. The molecule has 0 radical (unpaired) electrons. The molecule has 0 spiro atoms. The van der Waals surface area contributed by atoms with Crippen LogP contribution in [-0.4, -0.2) is 53.2 Å². The minimum Gasteiger partial charge on any atom is -0.350 e. The first-order chi connectivity index (χ1) is 12.1. The van der Waals surface area contributed by atoms with Gasteiger partial charge in [-0.2, -0.15) is 4.31 Å². The van der Waals surface area contributed by atoms with Crippen LogP contribution in [0.4, 0.5) is 0 Å². The van der Waals surface area contributed by atoms with E-state index in [1.165, 1.54) is 29.1 Å². The lowest BCUT2D eigenvalue weighted by molar-refractivity contribution is 0.0936. The van der Waals surface area contributed by atoms with E-state index in [4.69, 9.17) is 0 Å². The standard InChI is InChI=1S/C16H19N5O3S/c22-16(15-12-18-6-7-19-15)20-10-13-3-8-21(9-4-13)25(23,24)14-2-1-5-17-11-14/h1-2,5-7,11-13H,3-4,8-10H2,(H,20,22). The summed E-state index contributed by atoms with van der Waals surface area (Å²) in [6, 6.07) is 3.16. The van der Waals surface area contributed by atoms with Crippen LogP contribution in [0.1, 0.15) is 23.3 Å². The van der Waals surface area contributed by atoms with E-state index in [9.17, 15) is 13.2 Å². The zero-order valence-electron chi connectivity index (χ0n) is 13.6. The van der Waals surface area contributed by atoms with Crippen LogP contribution in [0, 0.1) is 5.92 Å². The summed E-state index contributed by atoms with van der Waals surface area (Å²) in [6.45, 7) is 1.36. The van der Waals surface area contributed by atoms with Gasteiger partial charge in [-0.05, 0) is 30.9 Å². The SMILES string of the molecule is O=C(NCC1CCN(S(=O)(=O)c2cccnc2)CC1)c1cnccn1. The number of rotatable bonds is 5. The monoisotopic (exact) mass is 361 g/mol. The molecule has 1 N–H and O–H groups in total. The molecule has 0 aromatic carbocycles. The van der Waals surface area contributed by atoms with Crippen LogP contribution in [0.25, 0.3) is 0 Å². The molecule has 1 aliphatic heterocycles. The molecule has 0 atom stereocenters. The molecule has 25 heavy (non-hydrogen) atoms. The summed E-state index contributed by atoms with van der Waals surface area (Å²) in [5, 5.41) is 2.83. The molecule has 132 valence electrons. The molecule has 1 amide bonds. The summed E-state index contributed by atoms with van der Waals surface area (Å²) in [7, 11) is -3.49. The summed E-state index contributed by atoms with van der Waals surface area (Å²) >= 11 is 0. The number of piperidine rings is 1. The van der Waals surface area contributed by atoms with Crippen LogP contribution in [-0.2, 0) is 10.0 Å². The predicted molar refractivity (Wildman–Crippen MR) is 90.1 cm³/mol. The van der Waals surface area contributed by atoms with Gasteiger partial charge in [-0.1, -0.05) is 0 Å². The number of hydrogen-bond acceptors (Lipinski definition) is 6. The number of carbonyl (C=O) groups excluding carboxylic acids is 1. The van der Waals surface area contributed by atoms with Crippen molar-refractivity contribution in [2.45, 2.75) is 17.7 Å². The van der Waals surface area contributed by atoms with Crippen molar-refractivity contribution in [2.75, 3.05) is 19.6 Å². The van der Waals surface area contributed by atoms with Crippen molar-refractivity contribution < 1.29 is 13.2 Å². The molecular formula is C16H19N5O3S. The van der Waals surface area contributed by atoms with Gasteiger partial charge in [0.05, 0.1) is 6.20 Å². The number of amides is 1. The van der Waals surface area contributed by atoms with E-state index in [1.54, 1.807) is 18.3 Å². The number of nitrogens with zero attached hydrogens (tertiary/aromatic N) is 4. The third-order valence-corrected chi connectivity index (χ3v) is 6.07. The van der Waals surface area contributed by atoms with Crippen molar-refractivity contribution >= 4 is 15.9 Å². The molecular weight excluding hydrogens is 342 g/mol. The number of hydrogen-bond donors (Lipinski definition) is 1. The summed E-state index contributed by atoms with van der Waals surface area (Å²) < 4.78 is 26.6. The average molecular weight is 361 g/mol. The minimum absolute atomic E-state index is 0.212. The van der Waals surface area contributed by atoms with Gasteiger partial charge in [0.15, 0.2) is 0 Å². The molecule has 0 unspecified atom stereocenters. The fraction of sp³-hybridized carbons (Fsp3) is 0.375. The summed E-state index contributed by atoms with van der Waals surface area (Å²) in [5.41, 5.74) is 0.277. The lowest BCUT2D eigenvalue weighted by Crippen LogP contribution is -2.41. The normalized spacial score (nSPS) is 16.5. The number of aromatic nitrogens is 3. The lowest BCUT2D eigenvalue weighted by atomic mass is 9.98. The predicted octanol–water partition coefficient (Wildman–Crippen LogP) is 0.702. The van der Waals surface area contributed by atoms with Gasteiger partial charge >= 0.3 is 0 Å². The molecule has 1 aliphatic rings. The van der Waals surface area contributed by atoms with Gasteiger partial charge in [-0.15, -0.1) is 0 Å². The largest absolute Gasteiger partial charge is 0.350 e. The van der Waals surface area contributed by atoms with Gasteiger partial charge in [0.2, 0.25) is 10.0 Å². The molecule has 3 heterocycles. The van der Waals surface area contributed by atoms with Gasteiger partial charge in [0.1, 0.15) is 10.6 Å². The van der Waals surface area contributed by atoms with Crippen LogP contribution in [0.5, 0.6) is 0 Å². The second-order valence-electron chi connectivity index (χ2n) is 5.84. The maximum Gasteiger partial charge on any atom is 0.271 e. The smallest absolute Gasteiger partial charge is 0.271 e. The maximum atomic E-state index is 12.5. The van der Waals surface area contributed by atoms with Gasteiger partial charge < -0.3 is 5.32 Å². The van der Waals surface area contributed by atoms with Gasteiger partial charge in [0.25, 0.3) is 5.91 Å². The molecule has 1 saturated heterocycles. The van der Waals surface area contributed by atoms with Crippen molar-refractivity contribution in [3.8, 4) is 0 Å². The van der Waals surface area contributed by atoms with Gasteiger partial charge in [-0.3, -0.25) is 14.8 Å². The lowest BCUT2D eigenvalue weighted by Gasteiger charge is -2.31. The van der Waals surface area contributed by atoms with E-state index in [-0.39, 0.29) is 22.4 Å². The van der Waals surface area contributed by atoms with Crippen molar-refractivity contribution in [2.24, 2.45) is 5.92 Å². The molecule has 2 aromatic rings. The number of sulfonamides is 1. The molecule has 9 heteroatoms. The highest BCUT2D eigenvalue weighted by Crippen LogP contribution is 2.23. The van der Waals surface area contributed by atoms with Crippen molar-refractivity contribution in [1.29, 1.82) is 0 Å². The van der Waals surface area contributed by atoms with Crippen molar-refractivity contribution in [3.05, 3.63) is 48.8 Å². The van der Waals surface area contributed by atoms with E-state index < -0.39 is 10.0 Å². The topological polar surface area (TPSA) is 105 Å². The highest BCUT2D eigenvalue weighted by atomic mass is 32.2. The van der Waals surface area contributed by atoms with E-state index in [0.29, 0.717) is 32.5 Å². The Kier molecular flexibility index (Phi) is 5.34. The second kappa shape index (κ2) is 7.66. The molecule has 0 bridgehead atoms. The third-order valence-electron chi connectivity index (χ3n) is 4.19. The Morgan fingerprint density at radius 2 is 1.92 bits per heavy atom. The zero-order chi connectivity index (χ0) is 17.7. The Labute approximate surface area is 146 Å². The number of carbonyl (C=O) groups is 1. The molecule has 3 rings (SSSR count). The summed E-state index contributed by atoms with van der Waals surface area (Å²) in [6.07, 6.45) is 8.69.